The van der Waals surface area contributed by atoms with Gasteiger partial charge in [-0.3, -0.25) is 0 Å². The first-order chi connectivity index (χ1) is 11.3. The van der Waals surface area contributed by atoms with Crippen molar-refractivity contribution in [3.63, 3.8) is 0 Å². The van der Waals surface area contributed by atoms with Gasteiger partial charge in [0.05, 0.1) is 6.61 Å². The maximum absolute atomic E-state index is 5.51. The largest absolute Gasteiger partial charge is 0.494 e. The molecule has 0 saturated carbocycles. The molecule has 1 aliphatic rings. The molecule has 0 radical (unpaired) electrons. The van der Waals surface area contributed by atoms with Gasteiger partial charge in [0.1, 0.15) is 5.75 Å². The van der Waals surface area contributed by atoms with Crippen molar-refractivity contribution in [2.45, 2.75) is 39.5 Å². The average molecular weight is 306 g/mol. The lowest BCUT2D eigenvalue weighted by Crippen LogP contribution is -2.03. The van der Waals surface area contributed by atoms with E-state index in [1.54, 1.807) is 0 Å². The third-order valence-corrected chi connectivity index (χ3v) is 4.85. The topological polar surface area (TPSA) is 9.23 Å². The van der Waals surface area contributed by atoms with Crippen LogP contribution in [0.4, 0.5) is 0 Å². The van der Waals surface area contributed by atoms with E-state index in [9.17, 15) is 0 Å². The van der Waals surface area contributed by atoms with E-state index >= 15 is 0 Å². The lowest BCUT2D eigenvalue weighted by atomic mass is 9.85. The lowest BCUT2D eigenvalue weighted by molar-refractivity contribution is 0.340. The molecule has 0 heterocycles. The molecule has 1 atom stereocenters. The molecule has 1 nitrogen and oxygen atoms in total. The monoisotopic (exact) mass is 306 g/mol. The number of hydrogen-bond donors (Lipinski definition) is 0. The predicted molar refractivity (Wildman–Crippen MR) is 98.7 cm³/mol. The van der Waals surface area contributed by atoms with Crippen molar-refractivity contribution in [1.82, 2.24) is 0 Å². The fourth-order valence-electron chi connectivity index (χ4n) is 3.31. The second kappa shape index (κ2) is 7.50. The zero-order valence-corrected chi connectivity index (χ0v) is 14.2. The van der Waals surface area contributed by atoms with Gasteiger partial charge in [0, 0.05) is 0 Å². The van der Waals surface area contributed by atoms with E-state index < -0.39 is 0 Å². The van der Waals surface area contributed by atoms with Crippen LogP contribution in [0, 0.1) is 5.92 Å². The summed E-state index contributed by atoms with van der Waals surface area (Å²) < 4.78 is 5.51. The third-order valence-electron chi connectivity index (χ3n) is 4.85. The first-order valence-corrected chi connectivity index (χ1v) is 8.82. The van der Waals surface area contributed by atoms with E-state index in [1.807, 2.05) is 19.1 Å². The molecule has 0 saturated heterocycles. The standard InChI is InChI=1S/C22H26O/c1-3-17-5-7-18(8-6-17)19-9-11-20(12-10-19)21-13-15-22(16-14-21)23-4-2/h7,9-17H,3-6,8H2,1-2H3. The fourth-order valence-corrected chi connectivity index (χ4v) is 3.31. The van der Waals surface area contributed by atoms with Crippen LogP contribution in [-0.2, 0) is 0 Å². The van der Waals surface area contributed by atoms with Gasteiger partial charge < -0.3 is 4.74 Å². The zero-order valence-electron chi connectivity index (χ0n) is 14.2. The fraction of sp³-hybridized carbons (Fsp3) is 0.364. The molecule has 120 valence electrons. The van der Waals surface area contributed by atoms with Crippen molar-refractivity contribution >= 4 is 5.57 Å². The number of ether oxygens (including phenoxy) is 1. The Hall–Kier alpha value is -2.02. The summed E-state index contributed by atoms with van der Waals surface area (Å²) in [5.41, 5.74) is 5.41. The van der Waals surface area contributed by atoms with Crippen LogP contribution in [0.15, 0.2) is 54.6 Å². The Morgan fingerprint density at radius 2 is 1.48 bits per heavy atom. The molecule has 2 aromatic rings. The number of benzene rings is 2. The first kappa shape index (κ1) is 15.9. The molecule has 1 unspecified atom stereocenters. The summed E-state index contributed by atoms with van der Waals surface area (Å²) in [6.07, 6.45) is 7.56. The van der Waals surface area contributed by atoms with E-state index in [1.165, 1.54) is 47.9 Å². The molecule has 1 aliphatic carbocycles. The van der Waals surface area contributed by atoms with Crippen molar-refractivity contribution in [3.05, 3.63) is 60.2 Å². The minimum atomic E-state index is 0.710. The van der Waals surface area contributed by atoms with E-state index in [0.717, 1.165) is 11.7 Å². The van der Waals surface area contributed by atoms with Gasteiger partial charge in [0.15, 0.2) is 0 Å². The highest BCUT2D eigenvalue weighted by Gasteiger charge is 2.13. The average Bonchev–Trinajstić information content (AvgIpc) is 2.63. The van der Waals surface area contributed by atoms with Gasteiger partial charge in [-0.2, -0.15) is 0 Å². The summed E-state index contributed by atoms with van der Waals surface area (Å²) in [6.45, 7) is 5.02. The normalized spacial score (nSPS) is 17.7. The highest BCUT2D eigenvalue weighted by Crippen LogP contribution is 2.32. The van der Waals surface area contributed by atoms with E-state index in [-0.39, 0.29) is 0 Å². The van der Waals surface area contributed by atoms with Crippen molar-refractivity contribution in [1.29, 1.82) is 0 Å². The van der Waals surface area contributed by atoms with Gasteiger partial charge in [0.25, 0.3) is 0 Å². The van der Waals surface area contributed by atoms with Crippen molar-refractivity contribution in [2.75, 3.05) is 6.61 Å². The van der Waals surface area contributed by atoms with Crippen LogP contribution < -0.4 is 4.74 Å². The summed E-state index contributed by atoms with van der Waals surface area (Å²) in [4.78, 5) is 0. The predicted octanol–water partition coefficient (Wildman–Crippen LogP) is 6.35. The quantitative estimate of drug-likeness (QED) is 0.625. The molecule has 0 spiro atoms. The Morgan fingerprint density at radius 1 is 0.870 bits per heavy atom. The summed E-state index contributed by atoms with van der Waals surface area (Å²) in [5.74, 6) is 1.83. The van der Waals surface area contributed by atoms with E-state index in [2.05, 4.69) is 49.4 Å². The molecule has 3 rings (SSSR count). The Morgan fingerprint density at radius 3 is 2.00 bits per heavy atom. The summed E-state index contributed by atoms with van der Waals surface area (Å²) in [7, 11) is 0. The maximum Gasteiger partial charge on any atom is 0.119 e. The van der Waals surface area contributed by atoms with Gasteiger partial charge in [0.2, 0.25) is 0 Å². The first-order valence-electron chi connectivity index (χ1n) is 8.82. The number of allylic oxidation sites excluding steroid dienone is 2. The van der Waals surface area contributed by atoms with Gasteiger partial charge in [-0.25, -0.2) is 0 Å². The van der Waals surface area contributed by atoms with E-state index in [4.69, 9.17) is 4.74 Å². The van der Waals surface area contributed by atoms with Gasteiger partial charge >= 0.3 is 0 Å². The van der Waals surface area contributed by atoms with Crippen LogP contribution in [0.25, 0.3) is 16.7 Å². The smallest absolute Gasteiger partial charge is 0.119 e. The highest BCUT2D eigenvalue weighted by molar-refractivity contribution is 5.71. The molecule has 1 heteroatoms. The van der Waals surface area contributed by atoms with Gasteiger partial charge in [-0.1, -0.05) is 55.8 Å². The minimum Gasteiger partial charge on any atom is -0.494 e. The Kier molecular flexibility index (Phi) is 5.17. The zero-order chi connectivity index (χ0) is 16.1. The van der Waals surface area contributed by atoms with Crippen LogP contribution >= 0.6 is 0 Å². The Bertz CT molecular complexity index is 649. The van der Waals surface area contributed by atoms with E-state index in [0.29, 0.717) is 6.61 Å². The van der Waals surface area contributed by atoms with Crippen LogP contribution in [0.1, 0.15) is 45.1 Å². The molecule has 23 heavy (non-hydrogen) atoms. The van der Waals surface area contributed by atoms with Crippen LogP contribution in [0.2, 0.25) is 0 Å². The molecular weight excluding hydrogens is 280 g/mol. The van der Waals surface area contributed by atoms with Crippen LogP contribution in [-0.4, -0.2) is 6.61 Å². The molecule has 0 aliphatic heterocycles. The summed E-state index contributed by atoms with van der Waals surface area (Å²) >= 11 is 0. The molecule has 2 aromatic carbocycles. The lowest BCUT2D eigenvalue weighted by Gasteiger charge is -2.20. The van der Waals surface area contributed by atoms with Gasteiger partial charge in [-0.15, -0.1) is 0 Å². The highest BCUT2D eigenvalue weighted by atomic mass is 16.5. The van der Waals surface area contributed by atoms with Gasteiger partial charge in [-0.05, 0) is 66.5 Å². The van der Waals surface area contributed by atoms with Crippen LogP contribution in [0.5, 0.6) is 5.75 Å². The Labute approximate surface area is 140 Å². The number of rotatable bonds is 5. The Balaban J connectivity index is 1.73. The molecule has 0 aromatic heterocycles. The second-order valence-electron chi connectivity index (χ2n) is 6.31. The van der Waals surface area contributed by atoms with Crippen molar-refractivity contribution < 1.29 is 4.74 Å². The second-order valence-corrected chi connectivity index (χ2v) is 6.31. The number of hydrogen-bond acceptors (Lipinski definition) is 1. The van der Waals surface area contributed by atoms with Crippen LogP contribution in [0.3, 0.4) is 0 Å². The maximum atomic E-state index is 5.51. The minimum absolute atomic E-state index is 0.710. The molecule has 0 bridgehead atoms. The SMILES string of the molecule is CCOc1ccc(-c2ccc(C3=CCC(CC)CC3)cc2)cc1. The molecule has 0 amide bonds. The molecular formula is C22H26O. The summed E-state index contributed by atoms with van der Waals surface area (Å²) in [5, 5.41) is 0. The summed E-state index contributed by atoms with van der Waals surface area (Å²) in [6, 6.07) is 17.4. The molecule has 0 N–H and O–H groups in total. The third kappa shape index (κ3) is 3.85. The van der Waals surface area contributed by atoms with Crippen molar-refractivity contribution in [2.24, 2.45) is 5.92 Å². The van der Waals surface area contributed by atoms with Crippen molar-refractivity contribution in [3.8, 4) is 16.9 Å². The molecule has 0 fully saturated rings.